The van der Waals surface area contributed by atoms with Gasteiger partial charge in [0.25, 0.3) is 0 Å². The average Bonchev–Trinajstić information content (AvgIpc) is 3.31. The van der Waals surface area contributed by atoms with E-state index in [1.54, 1.807) is 4.90 Å². The Morgan fingerprint density at radius 1 is 1.23 bits per heavy atom. The zero-order valence-corrected chi connectivity index (χ0v) is 13.9. The van der Waals surface area contributed by atoms with Gasteiger partial charge in [0.2, 0.25) is 5.91 Å². The van der Waals surface area contributed by atoms with E-state index in [0.29, 0.717) is 12.6 Å². The first kappa shape index (κ1) is 15.3. The van der Waals surface area contributed by atoms with Gasteiger partial charge in [0.15, 0.2) is 0 Å². The molecule has 2 fully saturated rings. The van der Waals surface area contributed by atoms with Gasteiger partial charge in [0.05, 0.1) is 5.92 Å². The van der Waals surface area contributed by atoms with Crippen LogP contribution in [-0.2, 0) is 4.79 Å². The maximum atomic E-state index is 12.4. The first-order chi connectivity index (χ1) is 10.6. The summed E-state index contributed by atoms with van der Waals surface area (Å²) in [6.07, 6.45) is 3.85. The summed E-state index contributed by atoms with van der Waals surface area (Å²) < 4.78 is 0.930. The monoisotopic (exact) mass is 365 g/mol. The van der Waals surface area contributed by atoms with Gasteiger partial charge in [-0.3, -0.25) is 4.79 Å². The Kier molecular flexibility index (Phi) is 4.66. The highest BCUT2D eigenvalue weighted by Crippen LogP contribution is 2.22. The second kappa shape index (κ2) is 6.69. The van der Waals surface area contributed by atoms with Gasteiger partial charge in [-0.2, -0.15) is 0 Å². The summed E-state index contributed by atoms with van der Waals surface area (Å²) in [5.41, 5.74) is 0.777. The summed E-state index contributed by atoms with van der Waals surface area (Å²) in [6, 6.07) is 7.86. The van der Waals surface area contributed by atoms with E-state index in [1.165, 1.54) is 0 Å². The molecule has 5 nitrogen and oxygen atoms in total. The van der Waals surface area contributed by atoms with Crippen LogP contribution in [0.15, 0.2) is 28.7 Å². The van der Waals surface area contributed by atoms with Crippen molar-refractivity contribution in [3.05, 3.63) is 28.7 Å². The van der Waals surface area contributed by atoms with Gasteiger partial charge < -0.3 is 15.5 Å². The molecule has 6 heteroatoms. The standard InChI is InChI=1S/C16H20BrN3O2/c17-12-4-1-5-14(9-12)18-15(21)11-3-2-8-20(10-11)16(22)19-13-6-7-13/h1,4-5,9,11,13H,2-3,6-8,10H2,(H,18,21)(H,19,22). The van der Waals surface area contributed by atoms with Crippen molar-refractivity contribution in [3.63, 3.8) is 0 Å². The van der Waals surface area contributed by atoms with Crippen molar-refractivity contribution < 1.29 is 9.59 Å². The molecule has 1 aromatic rings. The summed E-state index contributed by atoms with van der Waals surface area (Å²) in [6.45, 7) is 1.23. The number of piperidine rings is 1. The number of nitrogens with zero attached hydrogens (tertiary/aromatic N) is 1. The van der Waals surface area contributed by atoms with Crippen molar-refractivity contribution in [2.24, 2.45) is 5.92 Å². The normalized spacial score (nSPS) is 21.3. The second-order valence-corrected chi connectivity index (χ2v) is 6.92. The Hall–Kier alpha value is -1.56. The third-order valence-corrected chi connectivity index (χ3v) is 4.57. The summed E-state index contributed by atoms with van der Waals surface area (Å²) in [5.74, 6) is -0.153. The van der Waals surface area contributed by atoms with Crippen LogP contribution in [0.3, 0.4) is 0 Å². The summed E-state index contributed by atoms with van der Waals surface area (Å²) in [4.78, 5) is 26.3. The second-order valence-electron chi connectivity index (χ2n) is 6.01. The van der Waals surface area contributed by atoms with Crippen LogP contribution in [0.5, 0.6) is 0 Å². The molecular formula is C16H20BrN3O2. The molecule has 1 heterocycles. The van der Waals surface area contributed by atoms with Gasteiger partial charge in [-0.15, -0.1) is 0 Å². The van der Waals surface area contributed by atoms with Gasteiger partial charge in [0, 0.05) is 29.3 Å². The van der Waals surface area contributed by atoms with Crippen LogP contribution in [0.4, 0.5) is 10.5 Å². The minimum absolute atomic E-state index is 0.0120. The molecule has 22 heavy (non-hydrogen) atoms. The van der Waals surface area contributed by atoms with Crippen LogP contribution in [0.25, 0.3) is 0 Å². The number of nitrogens with one attached hydrogen (secondary N) is 2. The van der Waals surface area contributed by atoms with E-state index in [-0.39, 0.29) is 17.9 Å². The van der Waals surface area contributed by atoms with Crippen molar-refractivity contribution in [2.75, 3.05) is 18.4 Å². The zero-order valence-electron chi connectivity index (χ0n) is 12.3. The van der Waals surface area contributed by atoms with Crippen molar-refractivity contribution in [1.29, 1.82) is 0 Å². The number of urea groups is 1. The van der Waals surface area contributed by atoms with E-state index >= 15 is 0 Å². The van der Waals surface area contributed by atoms with Crippen LogP contribution in [0, 0.1) is 5.92 Å². The molecule has 1 aromatic carbocycles. The summed E-state index contributed by atoms with van der Waals surface area (Å²) in [7, 11) is 0. The fourth-order valence-electron chi connectivity index (χ4n) is 2.68. The molecule has 0 bridgehead atoms. The molecule has 1 aliphatic heterocycles. The van der Waals surface area contributed by atoms with Crippen LogP contribution in [-0.4, -0.2) is 36.0 Å². The largest absolute Gasteiger partial charge is 0.335 e. The highest BCUT2D eigenvalue weighted by molar-refractivity contribution is 9.10. The smallest absolute Gasteiger partial charge is 0.317 e. The molecule has 118 valence electrons. The van der Waals surface area contributed by atoms with E-state index in [1.807, 2.05) is 24.3 Å². The lowest BCUT2D eigenvalue weighted by atomic mass is 9.97. The van der Waals surface area contributed by atoms with Gasteiger partial charge >= 0.3 is 6.03 Å². The third-order valence-electron chi connectivity index (χ3n) is 4.08. The molecule has 1 saturated heterocycles. The van der Waals surface area contributed by atoms with Gasteiger partial charge in [0.1, 0.15) is 0 Å². The van der Waals surface area contributed by atoms with Crippen molar-refractivity contribution >= 4 is 33.6 Å². The first-order valence-electron chi connectivity index (χ1n) is 7.74. The van der Waals surface area contributed by atoms with Gasteiger partial charge in [-0.05, 0) is 43.9 Å². The first-order valence-corrected chi connectivity index (χ1v) is 8.53. The highest BCUT2D eigenvalue weighted by atomic mass is 79.9. The SMILES string of the molecule is O=C(Nc1cccc(Br)c1)C1CCCN(C(=O)NC2CC2)C1. The van der Waals surface area contributed by atoms with Crippen molar-refractivity contribution in [2.45, 2.75) is 31.7 Å². The molecular weight excluding hydrogens is 346 g/mol. The minimum atomic E-state index is -0.141. The lowest BCUT2D eigenvalue weighted by Gasteiger charge is -2.32. The number of anilines is 1. The molecule has 1 aliphatic carbocycles. The number of halogens is 1. The van der Waals surface area contributed by atoms with E-state index in [0.717, 1.165) is 42.4 Å². The fraction of sp³-hybridized carbons (Fsp3) is 0.500. The Morgan fingerprint density at radius 3 is 2.77 bits per heavy atom. The number of amides is 3. The van der Waals surface area contributed by atoms with Crippen LogP contribution >= 0.6 is 15.9 Å². The van der Waals surface area contributed by atoms with E-state index in [9.17, 15) is 9.59 Å². The number of hydrogen-bond donors (Lipinski definition) is 2. The van der Waals surface area contributed by atoms with Gasteiger partial charge in [-0.25, -0.2) is 4.79 Å². The molecule has 0 spiro atoms. The zero-order chi connectivity index (χ0) is 15.5. The third kappa shape index (κ3) is 4.00. The fourth-order valence-corrected chi connectivity index (χ4v) is 3.08. The van der Waals surface area contributed by atoms with E-state index in [2.05, 4.69) is 26.6 Å². The molecule has 2 N–H and O–H groups in total. The number of benzene rings is 1. The average molecular weight is 366 g/mol. The highest BCUT2D eigenvalue weighted by Gasteiger charge is 2.31. The maximum Gasteiger partial charge on any atom is 0.317 e. The number of carbonyl (C=O) groups excluding carboxylic acids is 2. The van der Waals surface area contributed by atoms with Crippen molar-refractivity contribution in [3.8, 4) is 0 Å². The van der Waals surface area contributed by atoms with Crippen LogP contribution in [0.2, 0.25) is 0 Å². The number of likely N-dealkylation sites (tertiary alicyclic amines) is 1. The van der Waals surface area contributed by atoms with Crippen LogP contribution in [0.1, 0.15) is 25.7 Å². The molecule has 3 rings (SSSR count). The minimum Gasteiger partial charge on any atom is -0.335 e. The van der Waals surface area contributed by atoms with Crippen LogP contribution < -0.4 is 10.6 Å². The van der Waals surface area contributed by atoms with E-state index < -0.39 is 0 Å². The topological polar surface area (TPSA) is 61.4 Å². The Bertz CT molecular complexity index is 574. The number of carbonyl (C=O) groups is 2. The molecule has 1 unspecified atom stereocenters. The predicted molar refractivity (Wildman–Crippen MR) is 88.6 cm³/mol. The quantitative estimate of drug-likeness (QED) is 0.864. The number of hydrogen-bond acceptors (Lipinski definition) is 2. The number of rotatable bonds is 3. The molecule has 2 aliphatic rings. The summed E-state index contributed by atoms with van der Waals surface area (Å²) >= 11 is 3.39. The van der Waals surface area contributed by atoms with Gasteiger partial charge in [-0.1, -0.05) is 22.0 Å². The Morgan fingerprint density at radius 2 is 2.05 bits per heavy atom. The molecule has 0 radical (unpaired) electrons. The lowest BCUT2D eigenvalue weighted by molar-refractivity contribution is -0.121. The molecule has 3 amide bonds. The lowest BCUT2D eigenvalue weighted by Crippen LogP contribution is -2.48. The molecule has 0 aromatic heterocycles. The van der Waals surface area contributed by atoms with Crippen molar-refractivity contribution in [1.82, 2.24) is 10.2 Å². The Labute approximate surface area is 138 Å². The maximum absolute atomic E-state index is 12.4. The Balaban J connectivity index is 1.56. The predicted octanol–water partition coefficient (Wildman–Crippen LogP) is 2.97. The summed E-state index contributed by atoms with van der Waals surface area (Å²) in [5, 5.41) is 5.93. The van der Waals surface area contributed by atoms with E-state index in [4.69, 9.17) is 0 Å². The molecule has 1 atom stereocenters. The molecule has 1 saturated carbocycles.